The van der Waals surface area contributed by atoms with Gasteiger partial charge in [-0.15, -0.1) is 0 Å². The normalized spacial score (nSPS) is 25.5. The number of nitrogen functional groups attached to an aromatic ring is 1. The molecule has 5 atom stereocenters. The molecule has 0 radical (unpaired) electrons. The van der Waals surface area contributed by atoms with Crippen LogP contribution in [0.2, 0.25) is 0 Å². The molecule has 1 heterocycles. The molecule has 0 unspecified atom stereocenters. The van der Waals surface area contributed by atoms with Crippen molar-refractivity contribution in [2.24, 2.45) is 0 Å². The molecule has 0 bridgehead atoms. The number of benzene rings is 1. The number of ether oxygens (including phenoxy) is 6. The van der Waals surface area contributed by atoms with Gasteiger partial charge in [0.1, 0.15) is 5.75 Å². The first kappa shape index (κ1) is 22.9. The third kappa shape index (κ3) is 5.83. The van der Waals surface area contributed by atoms with E-state index in [0.29, 0.717) is 5.69 Å². The Bertz CT molecular complexity index is 793. The quantitative estimate of drug-likeness (QED) is 0.382. The summed E-state index contributed by atoms with van der Waals surface area (Å²) in [5.41, 5.74) is 6.13. The highest BCUT2D eigenvalue weighted by Gasteiger charge is 2.55. The Kier molecular flexibility index (Phi) is 7.59. The summed E-state index contributed by atoms with van der Waals surface area (Å²) in [5.74, 6) is -2.95. The van der Waals surface area contributed by atoms with Gasteiger partial charge in [0, 0.05) is 26.5 Å². The molecule has 0 saturated carbocycles. The first-order valence-corrected chi connectivity index (χ1v) is 8.89. The minimum Gasteiger partial charge on any atom is -0.467 e. The van der Waals surface area contributed by atoms with Crippen LogP contribution in [0.4, 0.5) is 5.69 Å². The Labute approximate surface area is 172 Å². The summed E-state index contributed by atoms with van der Waals surface area (Å²) in [5, 5.41) is 0. The van der Waals surface area contributed by atoms with Gasteiger partial charge in [-0.2, -0.15) is 0 Å². The molecule has 11 nitrogen and oxygen atoms in total. The highest BCUT2D eigenvalue weighted by Crippen LogP contribution is 2.31. The third-order valence-corrected chi connectivity index (χ3v) is 3.97. The molecule has 1 aliphatic rings. The molecule has 2 rings (SSSR count). The molecule has 0 amide bonds. The second-order valence-electron chi connectivity index (χ2n) is 6.36. The summed E-state index contributed by atoms with van der Waals surface area (Å²) in [6.45, 7) is 3.32. The van der Waals surface area contributed by atoms with Gasteiger partial charge in [-0.25, -0.2) is 4.79 Å². The fourth-order valence-corrected chi connectivity index (χ4v) is 2.86. The van der Waals surface area contributed by atoms with Crippen molar-refractivity contribution in [3.63, 3.8) is 0 Å². The topological polar surface area (TPSA) is 150 Å². The van der Waals surface area contributed by atoms with E-state index in [9.17, 15) is 19.2 Å². The summed E-state index contributed by atoms with van der Waals surface area (Å²) >= 11 is 0. The molecule has 30 heavy (non-hydrogen) atoms. The van der Waals surface area contributed by atoms with Crippen LogP contribution in [0.25, 0.3) is 0 Å². The largest absolute Gasteiger partial charge is 0.467 e. The van der Waals surface area contributed by atoms with E-state index in [0.717, 1.165) is 27.9 Å². The molecule has 0 spiro atoms. The van der Waals surface area contributed by atoms with Gasteiger partial charge >= 0.3 is 23.9 Å². The molecule has 164 valence electrons. The van der Waals surface area contributed by atoms with E-state index >= 15 is 0 Å². The Balaban J connectivity index is 2.47. The van der Waals surface area contributed by atoms with E-state index < -0.39 is 54.6 Å². The van der Waals surface area contributed by atoms with Crippen molar-refractivity contribution < 1.29 is 47.6 Å². The van der Waals surface area contributed by atoms with E-state index in [-0.39, 0.29) is 5.75 Å². The zero-order valence-electron chi connectivity index (χ0n) is 16.9. The van der Waals surface area contributed by atoms with Crippen molar-refractivity contribution in [1.29, 1.82) is 0 Å². The van der Waals surface area contributed by atoms with Gasteiger partial charge in [-0.3, -0.25) is 14.4 Å². The fourth-order valence-electron chi connectivity index (χ4n) is 2.86. The van der Waals surface area contributed by atoms with Gasteiger partial charge in [-0.05, 0) is 24.3 Å². The zero-order chi connectivity index (χ0) is 22.4. The first-order chi connectivity index (χ1) is 14.1. The van der Waals surface area contributed by atoms with Crippen LogP contribution in [0.1, 0.15) is 20.8 Å². The summed E-state index contributed by atoms with van der Waals surface area (Å²) in [4.78, 5) is 47.3. The van der Waals surface area contributed by atoms with Gasteiger partial charge in [0.05, 0.1) is 7.11 Å². The first-order valence-electron chi connectivity index (χ1n) is 8.89. The molecule has 1 saturated heterocycles. The molecule has 1 aromatic carbocycles. The van der Waals surface area contributed by atoms with Crippen LogP contribution in [0, 0.1) is 0 Å². The fraction of sp³-hybridized carbons (Fsp3) is 0.474. The van der Waals surface area contributed by atoms with E-state index in [1.165, 1.54) is 12.1 Å². The maximum Gasteiger partial charge on any atom is 0.339 e. The molecule has 0 aromatic heterocycles. The van der Waals surface area contributed by atoms with E-state index in [1.54, 1.807) is 12.1 Å². The van der Waals surface area contributed by atoms with Crippen LogP contribution in [-0.4, -0.2) is 61.7 Å². The van der Waals surface area contributed by atoms with E-state index in [4.69, 9.17) is 34.2 Å². The van der Waals surface area contributed by atoms with E-state index in [2.05, 4.69) is 0 Å². The van der Waals surface area contributed by atoms with Crippen LogP contribution in [0.15, 0.2) is 24.3 Å². The van der Waals surface area contributed by atoms with Crippen LogP contribution < -0.4 is 10.5 Å². The van der Waals surface area contributed by atoms with Gasteiger partial charge in [0.25, 0.3) is 0 Å². The Morgan fingerprint density at radius 3 is 1.83 bits per heavy atom. The average Bonchev–Trinajstić information content (AvgIpc) is 2.66. The number of hydrogen-bond acceptors (Lipinski definition) is 11. The van der Waals surface area contributed by atoms with Crippen LogP contribution in [-0.2, 0) is 42.9 Å². The number of anilines is 1. The minimum atomic E-state index is -1.52. The molecule has 1 fully saturated rings. The van der Waals surface area contributed by atoms with Crippen LogP contribution in [0.5, 0.6) is 5.75 Å². The lowest BCUT2D eigenvalue weighted by molar-refractivity contribution is -0.282. The second kappa shape index (κ2) is 9.92. The number of nitrogens with two attached hydrogens (primary N) is 1. The van der Waals surface area contributed by atoms with Crippen molar-refractivity contribution in [2.45, 2.75) is 51.5 Å². The number of rotatable bonds is 6. The van der Waals surface area contributed by atoms with Crippen molar-refractivity contribution in [3.8, 4) is 5.75 Å². The molecule has 0 aliphatic carbocycles. The zero-order valence-corrected chi connectivity index (χ0v) is 16.9. The number of methoxy groups -OCH3 is 1. The monoisotopic (exact) mass is 425 g/mol. The van der Waals surface area contributed by atoms with Crippen molar-refractivity contribution in [1.82, 2.24) is 0 Å². The maximum absolute atomic E-state index is 12.3. The number of hydrogen-bond donors (Lipinski definition) is 1. The maximum atomic E-state index is 12.3. The Morgan fingerprint density at radius 1 is 0.833 bits per heavy atom. The SMILES string of the molecule is COC(=O)[C@H]1O[C@@H](Oc2ccc(N)cc2)[C@H](OC(C)=O)[C@@H](OC(C)=O)[C@@H]1OC(C)=O. The number of carbonyl (C=O) groups is 4. The van der Waals surface area contributed by atoms with Gasteiger partial charge in [0.15, 0.2) is 18.3 Å². The third-order valence-electron chi connectivity index (χ3n) is 3.97. The predicted molar refractivity (Wildman–Crippen MR) is 98.8 cm³/mol. The molecular weight excluding hydrogens is 402 g/mol. The van der Waals surface area contributed by atoms with Gasteiger partial charge in [-0.1, -0.05) is 0 Å². The standard InChI is InChI=1S/C19H23NO10/c1-9(21)26-14-15(27-10(2)22)17(28-11(3)23)19(30-16(14)18(24)25-4)29-13-7-5-12(20)6-8-13/h5-8,14-17,19H,20H2,1-4H3/t14-,15-,16-,17+,19+/m0/s1. The summed E-state index contributed by atoms with van der Waals surface area (Å²) in [6, 6.07) is 6.16. The van der Waals surface area contributed by atoms with Crippen molar-refractivity contribution in [2.75, 3.05) is 12.8 Å². The molecule has 2 N–H and O–H groups in total. The van der Waals surface area contributed by atoms with E-state index in [1.807, 2.05) is 0 Å². The highest BCUT2D eigenvalue weighted by molar-refractivity contribution is 5.77. The summed E-state index contributed by atoms with van der Waals surface area (Å²) in [6.07, 6.45) is -7.15. The highest BCUT2D eigenvalue weighted by atomic mass is 16.7. The Morgan fingerprint density at radius 2 is 1.33 bits per heavy atom. The lowest BCUT2D eigenvalue weighted by Crippen LogP contribution is -2.64. The van der Waals surface area contributed by atoms with Crippen LogP contribution in [0.3, 0.4) is 0 Å². The lowest BCUT2D eigenvalue weighted by Gasteiger charge is -2.43. The van der Waals surface area contributed by atoms with Crippen LogP contribution >= 0.6 is 0 Å². The Hall–Kier alpha value is -3.34. The van der Waals surface area contributed by atoms with Gasteiger partial charge in [0.2, 0.25) is 12.4 Å². The minimum absolute atomic E-state index is 0.266. The van der Waals surface area contributed by atoms with Crippen molar-refractivity contribution >= 4 is 29.6 Å². The molecule has 1 aromatic rings. The molecule has 11 heteroatoms. The summed E-state index contributed by atoms with van der Waals surface area (Å²) < 4.78 is 31.7. The predicted octanol–water partition coefficient (Wildman–Crippen LogP) is 0.341. The molecular formula is C19H23NO10. The average molecular weight is 425 g/mol. The summed E-state index contributed by atoms with van der Waals surface area (Å²) in [7, 11) is 1.10. The lowest BCUT2D eigenvalue weighted by atomic mass is 9.97. The number of esters is 4. The second-order valence-corrected chi connectivity index (χ2v) is 6.36. The number of carbonyl (C=O) groups excluding carboxylic acids is 4. The van der Waals surface area contributed by atoms with Gasteiger partial charge < -0.3 is 34.2 Å². The van der Waals surface area contributed by atoms with Crippen molar-refractivity contribution in [3.05, 3.63) is 24.3 Å². The smallest absolute Gasteiger partial charge is 0.339 e. The molecule has 1 aliphatic heterocycles.